The Bertz CT molecular complexity index is 946. The van der Waals surface area contributed by atoms with Crippen molar-refractivity contribution >= 4 is 34.8 Å². The Labute approximate surface area is 166 Å². The number of aromatic nitrogens is 1. The first kappa shape index (κ1) is 19.0. The van der Waals surface area contributed by atoms with Gasteiger partial charge in [-0.25, -0.2) is 4.98 Å². The van der Waals surface area contributed by atoms with Crippen molar-refractivity contribution in [3.8, 4) is 17.4 Å². The van der Waals surface area contributed by atoms with E-state index in [1.165, 1.54) is 12.3 Å². The molecule has 2 aromatic carbocycles. The third-order valence-corrected chi connectivity index (χ3v) is 4.01. The van der Waals surface area contributed by atoms with Gasteiger partial charge in [-0.05, 0) is 37.3 Å². The molecule has 138 valence electrons. The van der Waals surface area contributed by atoms with Gasteiger partial charge in [-0.1, -0.05) is 53.0 Å². The minimum absolute atomic E-state index is 0.128. The first-order valence-electron chi connectivity index (χ1n) is 8.08. The lowest BCUT2D eigenvalue weighted by Gasteiger charge is -2.13. The average molecular weight is 403 g/mol. The van der Waals surface area contributed by atoms with Gasteiger partial charge in [0, 0.05) is 6.20 Å². The lowest BCUT2D eigenvalue weighted by molar-refractivity contribution is -0.118. The molecule has 0 bridgehead atoms. The lowest BCUT2D eigenvalue weighted by atomic mass is 10.2. The van der Waals surface area contributed by atoms with E-state index in [-0.39, 0.29) is 23.4 Å². The van der Waals surface area contributed by atoms with E-state index in [0.29, 0.717) is 22.2 Å². The number of amides is 1. The summed E-state index contributed by atoms with van der Waals surface area (Å²) in [5.41, 5.74) is 1.59. The number of nitrogens with one attached hydrogen (secondary N) is 1. The van der Waals surface area contributed by atoms with E-state index in [0.717, 1.165) is 5.56 Å². The molecule has 0 aliphatic heterocycles. The zero-order valence-corrected chi connectivity index (χ0v) is 15.9. The summed E-state index contributed by atoms with van der Waals surface area (Å²) in [5.74, 6) is 0.899. The molecule has 3 aromatic rings. The molecule has 1 heterocycles. The molecule has 1 amide bonds. The van der Waals surface area contributed by atoms with Gasteiger partial charge in [-0.15, -0.1) is 0 Å². The molecule has 0 spiro atoms. The maximum absolute atomic E-state index is 12.2. The number of carbonyl (C=O) groups is 1. The molecule has 0 saturated heterocycles. The van der Waals surface area contributed by atoms with Crippen LogP contribution in [0.5, 0.6) is 17.4 Å². The smallest absolute Gasteiger partial charge is 0.262 e. The number of nitrogens with zero attached hydrogens (tertiary/aromatic N) is 1. The monoisotopic (exact) mass is 402 g/mol. The van der Waals surface area contributed by atoms with Gasteiger partial charge < -0.3 is 14.8 Å². The fourth-order valence-corrected chi connectivity index (χ4v) is 2.63. The van der Waals surface area contributed by atoms with Gasteiger partial charge in [-0.2, -0.15) is 0 Å². The topological polar surface area (TPSA) is 60.5 Å². The number of benzene rings is 2. The van der Waals surface area contributed by atoms with E-state index in [4.69, 9.17) is 32.7 Å². The number of para-hydroxylation sites is 2. The normalized spacial score (nSPS) is 10.3. The van der Waals surface area contributed by atoms with Crippen molar-refractivity contribution in [2.24, 2.45) is 0 Å². The van der Waals surface area contributed by atoms with E-state index >= 15 is 0 Å². The highest BCUT2D eigenvalue weighted by atomic mass is 35.5. The maximum atomic E-state index is 12.2. The number of hydrogen-bond acceptors (Lipinski definition) is 4. The molecule has 0 fully saturated rings. The van der Waals surface area contributed by atoms with Gasteiger partial charge in [0.15, 0.2) is 12.4 Å². The molecular weight excluding hydrogens is 387 g/mol. The van der Waals surface area contributed by atoms with E-state index in [1.54, 1.807) is 24.3 Å². The number of ether oxygens (including phenoxy) is 2. The summed E-state index contributed by atoms with van der Waals surface area (Å²) in [6.45, 7) is 1.85. The van der Waals surface area contributed by atoms with Gasteiger partial charge in [0.2, 0.25) is 5.88 Å². The van der Waals surface area contributed by atoms with Crippen molar-refractivity contribution in [2.75, 3.05) is 11.9 Å². The summed E-state index contributed by atoms with van der Waals surface area (Å²) < 4.78 is 11.2. The molecule has 0 saturated carbocycles. The van der Waals surface area contributed by atoms with Crippen LogP contribution in [0.25, 0.3) is 0 Å². The number of rotatable bonds is 6. The second-order valence-electron chi connectivity index (χ2n) is 5.69. The number of hydrogen-bond donors (Lipinski definition) is 1. The number of anilines is 1. The Kier molecular flexibility index (Phi) is 6.16. The van der Waals surface area contributed by atoms with E-state index in [9.17, 15) is 4.79 Å². The van der Waals surface area contributed by atoms with Gasteiger partial charge in [-0.3, -0.25) is 4.79 Å². The van der Waals surface area contributed by atoms with Crippen LogP contribution in [0, 0.1) is 6.92 Å². The molecular formula is C20H16Cl2N2O3. The Morgan fingerprint density at radius 1 is 1.11 bits per heavy atom. The van der Waals surface area contributed by atoms with Crippen LogP contribution in [0.3, 0.4) is 0 Å². The summed E-state index contributed by atoms with van der Waals surface area (Å²) in [5, 5.41) is 3.43. The van der Waals surface area contributed by atoms with Gasteiger partial charge in [0.1, 0.15) is 10.8 Å². The predicted molar refractivity (Wildman–Crippen MR) is 106 cm³/mol. The average Bonchev–Trinajstić information content (AvgIpc) is 2.65. The van der Waals surface area contributed by atoms with Gasteiger partial charge in [0.25, 0.3) is 5.91 Å². The van der Waals surface area contributed by atoms with Crippen LogP contribution >= 0.6 is 23.2 Å². The van der Waals surface area contributed by atoms with Crippen molar-refractivity contribution < 1.29 is 14.3 Å². The second-order valence-corrected chi connectivity index (χ2v) is 6.53. The van der Waals surface area contributed by atoms with E-state index in [2.05, 4.69) is 10.3 Å². The molecule has 1 N–H and O–H groups in total. The third-order valence-electron chi connectivity index (χ3n) is 3.53. The minimum atomic E-state index is -0.318. The maximum Gasteiger partial charge on any atom is 0.262 e. The quantitative estimate of drug-likeness (QED) is 0.590. The fraction of sp³-hybridized carbons (Fsp3) is 0.100. The van der Waals surface area contributed by atoms with Gasteiger partial charge >= 0.3 is 0 Å². The van der Waals surface area contributed by atoms with Crippen LogP contribution in [0.15, 0.2) is 60.8 Å². The predicted octanol–water partition coefficient (Wildman–Crippen LogP) is 5.51. The zero-order chi connectivity index (χ0) is 19.2. The number of aryl methyl sites for hydroxylation is 1. The highest BCUT2D eigenvalue weighted by Crippen LogP contribution is 2.33. The summed E-state index contributed by atoms with van der Waals surface area (Å²) in [7, 11) is 0. The van der Waals surface area contributed by atoms with Crippen LogP contribution in [0.4, 0.5) is 5.69 Å². The number of carbonyl (C=O) groups excluding carboxylic acids is 1. The Balaban J connectivity index is 1.66. The van der Waals surface area contributed by atoms with Crippen LogP contribution in [0.1, 0.15) is 5.56 Å². The Morgan fingerprint density at radius 2 is 1.85 bits per heavy atom. The minimum Gasteiger partial charge on any atom is -0.484 e. The lowest BCUT2D eigenvalue weighted by Crippen LogP contribution is -2.20. The molecule has 3 rings (SSSR count). The van der Waals surface area contributed by atoms with Crippen molar-refractivity contribution in [3.05, 3.63) is 76.4 Å². The Morgan fingerprint density at radius 3 is 2.59 bits per heavy atom. The molecule has 0 radical (unpaired) electrons. The van der Waals surface area contributed by atoms with Crippen molar-refractivity contribution in [1.82, 2.24) is 4.98 Å². The number of pyridine rings is 1. The molecule has 0 aliphatic rings. The molecule has 27 heavy (non-hydrogen) atoms. The molecule has 0 unspecified atom stereocenters. The van der Waals surface area contributed by atoms with Crippen LogP contribution in [-0.2, 0) is 4.79 Å². The molecule has 0 aliphatic carbocycles. The van der Waals surface area contributed by atoms with Crippen molar-refractivity contribution in [3.63, 3.8) is 0 Å². The van der Waals surface area contributed by atoms with Crippen molar-refractivity contribution in [1.29, 1.82) is 0 Å². The SMILES string of the molecule is Cc1ccc(OCC(=O)Nc2ccccc2Oc2ncc(Cl)cc2Cl)cc1. The summed E-state index contributed by atoms with van der Waals surface area (Å²) in [6.07, 6.45) is 1.43. The standard InChI is InChI=1S/C20H16Cl2N2O3/c1-13-6-8-15(9-7-13)26-12-19(25)24-17-4-2-3-5-18(17)27-20-16(22)10-14(21)11-23-20/h2-11H,12H2,1H3,(H,24,25). The largest absolute Gasteiger partial charge is 0.484 e. The third kappa shape index (κ3) is 5.36. The molecule has 0 atom stereocenters. The Hall–Kier alpha value is -2.76. The zero-order valence-electron chi connectivity index (χ0n) is 14.4. The molecule has 7 heteroatoms. The highest BCUT2D eigenvalue weighted by molar-refractivity contribution is 6.35. The van der Waals surface area contributed by atoms with Crippen LogP contribution in [0.2, 0.25) is 10.0 Å². The fourth-order valence-electron chi connectivity index (χ4n) is 2.21. The molecule has 1 aromatic heterocycles. The highest BCUT2D eigenvalue weighted by Gasteiger charge is 2.12. The van der Waals surface area contributed by atoms with Crippen LogP contribution < -0.4 is 14.8 Å². The summed E-state index contributed by atoms with van der Waals surface area (Å²) in [4.78, 5) is 16.3. The number of halogens is 2. The van der Waals surface area contributed by atoms with Crippen LogP contribution in [-0.4, -0.2) is 17.5 Å². The first-order valence-corrected chi connectivity index (χ1v) is 8.84. The van der Waals surface area contributed by atoms with E-state index in [1.807, 2.05) is 31.2 Å². The summed E-state index contributed by atoms with van der Waals surface area (Å²) in [6, 6.07) is 16.0. The second kappa shape index (κ2) is 8.75. The van der Waals surface area contributed by atoms with E-state index < -0.39 is 0 Å². The molecule has 5 nitrogen and oxygen atoms in total. The van der Waals surface area contributed by atoms with Crippen molar-refractivity contribution in [2.45, 2.75) is 6.92 Å². The summed E-state index contributed by atoms with van der Waals surface area (Å²) >= 11 is 11.9. The van der Waals surface area contributed by atoms with Gasteiger partial charge in [0.05, 0.1) is 10.7 Å². The first-order chi connectivity index (χ1) is 13.0.